The molecule has 2 saturated heterocycles. The van der Waals surface area contributed by atoms with Crippen molar-refractivity contribution in [3.05, 3.63) is 29.3 Å². The summed E-state index contributed by atoms with van der Waals surface area (Å²) in [6.07, 6.45) is 0. The highest BCUT2D eigenvalue weighted by Crippen LogP contribution is 2.27. The van der Waals surface area contributed by atoms with Gasteiger partial charge in [-0.3, -0.25) is 4.90 Å². The van der Waals surface area contributed by atoms with Crippen LogP contribution in [0.4, 0.5) is 5.69 Å². The number of nitrogens with one attached hydrogen (secondary N) is 1. The number of benzene rings is 1. The first-order valence-corrected chi connectivity index (χ1v) is 6.98. The van der Waals surface area contributed by atoms with Crippen LogP contribution in [0.1, 0.15) is 11.1 Å². The van der Waals surface area contributed by atoms with Gasteiger partial charge in [-0.05, 0) is 24.6 Å². The van der Waals surface area contributed by atoms with E-state index in [2.05, 4.69) is 33.3 Å². The molecule has 3 rings (SSSR count). The summed E-state index contributed by atoms with van der Waals surface area (Å²) < 4.78 is 0. The molecule has 1 aromatic carbocycles. The normalized spacial score (nSPS) is 20.9. The number of nitriles is 1. The summed E-state index contributed by atoms with van der Waals surface area (Å²) in [6.45, 7) is 8.64. The summed E-state index contributed by atoms with van der Waals surface area (Å²) in [7, 11) is 0. The van der Waals surface area contributed by atoms with Gasteiger partial charge in [-0.1, -0.05) is 6.07 Å². The average molecular weight is 256 g/mol. The number of hydrogen-bond acceptors (Lipinski definition) is 4. The lowest BCUT2D eigenvalue weighted by Gasteiger charge is -2.48. The predicted octanol–water partition coefficient (Wildman–Crippen LogP) is 0.960. The van der Waals surface area contributed by atoms with Gasteiger partial charge in [0.05, 0.1) is 11.3 Å². The Morgan fingerprint density at radius 2 is 2.00 bits per heavy atom. The van der Waals surface area contributed by atoms with Crippen LogP contribution in [-0.2, 0) is 0 Å². The van der Waals surface area contributed by atoms with E-state index in [0.717, 1.165) is 56.1 Å². The quantitative estimate of drug-likeness (QED) is 0.856. The van der Waals surface area contributed by atoms with Gasteiger partial charge in [0, 0.05) is 45.3 Å². The van der Waals surface area contributed by atoms with Gasteiger partial charge in [-0.15, -0.1) is 0 Å². The molecule has 1 aromatic rings. The smallest absolute Gasteiger partial charge is 0.101 e. The van der Waals surface area contributed by atoms with Gasteiger partial charge in [-0.25, -0.2) is 0 Å². The van der Waals surface area contributed by atoms with Gasteiger partial charge >= 0.3 is 0 Å². The number of anilines is 1. The highest BCUT2D eigenvalue weighted by Gasteiger charge is 2.33. The highest BCUT2D eigenvalue weighted by molar-refractivity contribution is 5.62. The minimum Gasteiger partial charge on any atom is -0.367 e. The molecule has 0 bridgehead atoms. The molecule has 0 atom stereocenters. The Balaban J connectivity index is 1.65. The molecule has 1 N–H and O–H groups in total. The Morgan fingerprint density at radius 3 is 2.68 bits per heavy atom. The Hall–Kier alpha value is -1.57. The summed E-state index contributed by atoms with van der Waals surface area (Å²) in [5.41, 5.74) is 3.05. The van der Waals surface area contributed by atoms with Gasteiger partial charge in [0.25, 0.3) is 0 Å². The second-order valence-corrected chi connectivity index (χ2v) is 5.48. The second-order valence-electron chi connectivity index (χ2n) is 5.48. The number of nitrogens with zero attached hydrogens (tertiary/aromatic N) is 3. The van der Waals surface area contributed by atoms with Crippen molar-refractivity contribution in [3.8, 4) is 6.07 Å². The molecular formula is C15H20N4. The number of rotatable bonds is 2. The van der Waals surface area contributed by atoms with E-state index in [1.165, 1.54) is 0 Å². The third-order valence-corrected chi connectivity index (χ3v) is 4.14. The van der Waals surface area contributed by atoms with Gasteiger partial charge in [0.1, 0.15) is 6.07 Å². The first-order valence-electron chi connectivity index (χ1n) is 6.98. The average Bonchev–Trinajstić information content (AvgIpc) is 2.40. The minimum atomic E-state index is 0.662. The molecule has 19 heavy (non-hydrogen) atoms. The van der Waals surface area contributed by atoms with E-state index in [-0.39, 0.29) is 0 Å². The van der Waals surface area contributed by atoms with Gasteiger partial charge in [0.15, 0.2) is 0 Å². The molecule has 0 aliphatic carbocycles. The third kappa shape index (κ3) is 2.44. The summed E-state index contributed by atoms with van der Waals surface area (Å²) >= 11 is 0. The monoisotopic (exact) mass is 256 g/mol. The third-order valence-electron chi connectivity index (χ3n) is 4.14. The fourth-order valence-corrected chi connectivity index (χ4v) is 2.95. The predicted molar refractivity (Wildman–Crippen MR) is 76.3 cm³/mol. The Kier molecular flexibility index (Phi) is 3.41. The highest BCUT2D eigenvalue weighted by atomic mass is 15.3. The topological polar surface area (TPSA) is 42.3 Å². The molecule has 4 heteroatoms. The maximum absolute atomic E-state index is 9.23. The SMILES string of the molecule is Cc1ccc(N2CC(N3CCNCC3)C2)c(C#N)c1. The van der Waals surface area contributed by atoms with E-state index < -0.39 is 0 Å². The van der Waals surface area contributed by atoms with Gasteiger partial charge < -0.3 is 10.2 Å². The van der Waals surface area contributed by atoms with Crippen LogP contribution < -0.4 is 10.2 Å². The maximum atomic E-state index is 9.23. The van der Waals surface area contributed by atoms with Gasteiger partial charge in [-0.2, -0.15) is 5.26 Å². The molecule has 4 nitrogen and oxygen atoms in total. The van der Waals surface area contributed by atoms with Crippen LogP contribution in [-0.4, -0.2) is 50.2 Å². The van der Waals surface area contributed by atoms with Crippen LogP contribution >= 0.6 is 0 Å². The molecule has 2 aliphatic heterocycles. The fraction of sp³-hybridized carbons (Fsp3) is 0.533. The van der Waals surface area contributed by atoms with E-state index in [0.29, 0.717) is 6.04 Å². The largest absolute Gasteiger partial charge is 0.367 e. The van der Waals surface area contributed by atoms with Crippen molar-refractivity contribution in [3.63, 3.8) is 0 Å². The molecule has 0 saturated carbocycles. The van der Waals surface area contributed by atoms with E-state index in [4.69, 9.17) is 0 Å². The van der Waals surface area contributed by atoms with Crippen LogP contribution in [0.2, 0.25) is 0 Å². The molecule has 0 unspecified atom stereocenters. The fourth-order valence-electron chi connectivity index (χ4n) is 2.95. The zero-order chi connectivity index (χ0) is 13.2. The molecule has 0 spiro atoms. The molecule has 2 aliphatic rings. The maximum Gasteiger partial charge on any atom is 0.101 e. The lowest BCUT2D eigenvalue weighted by Crippen LogP contribution is -2.63. The zero-order valence-electron chi connectivity index (χ0n) is 11.4. The van der Waals surface area contributed by atoms with Crippen LogP contribution in [0.3, 0.4) is 0 Å². The van der Waals surface area contributed by atoms with E-state index in [9.17, 15) is 5.26 Å². The standard InChI is InChI=1S/C15H20N4/c1-12-2-3-15(13(8-12)9-16)19-10-14(11-19)18-6-4-17-5-7-18/h2-3,8,14,17H,4-7,10-11H2,1H3. The second kappa shape index (κ2) is 5.20. The molecule has 2 fully saturated rings. The zero-order valence-corrected chi connectivity index (χ0v) is 11.4. The van der Waals surface area contributed by atoms with Crippen LogP contribution in [0.25, 0.3) is 0 Å². The lowest BCUT2D eigenvalue weighted by molar-refractivity contribution is 0.147. The first-order chi connectivity index (χ1) is 9.28. The molecule has 0 amide bonds. The van der Waals surface area contributed by atoms with Crippen LogP contribution in [0.15, 0.2) is 18.2 Å². The van der Waals surface area contributed by atoms with Crippen molar-refractivity contribution < 1.29 is 0 Å². The van der Waals surface area contributed by atoms with E-state index >= 15 is 0 Å². The number of aryl methyl sites for hydroxylation is 1. The van der Waals surface area contributed by atoms with Crippen molar-refractivity contribution in [1.29, 1.82) is 5.26 Å². The Morgan fingerprint density at radius 1 is 1.26 bits per heavy atom. The van der Waals surface area contributed by atoms with Crippen LogP contribution in [0, 0.1) is 18.3 Å². The summed E-state index contributed by atoms with van der Waals surface area (Å²) in [6, 6.07) is 9.13. The van der Waals surface area contributed by atoms with Gasteiger partial charge in [0.2, 0.25) is 0 Å². The molecule has 2 heterocycles. The first kappa shape index (κ1) is 12.5. The van der Waals surface area contributed by atoms with Crippen molar-refractivity contribution in [2.45, 2.75) is 13.0 Å². The summed E-state index contributed by atoms with van der Waals surface area (Å²) in [5.74, 6) is 0. The number of piperazine rings is 1. The van der Waals surface area contributed by atoms with Crippen molar-refractivity contribution >= 4 is 5.69 Å². The number of hydrogen-bond donors (Lipinski definition) is 1. The minimum absolute atomic E-state index is 0.662. The van der Waals surface area contributed by atoms with Crippen molar-refractivity contribution in [2.24, 2.45) is 0 Å². The van der Waals surface area contributed by atoms with E-state index in [1.807, 2.05) is 13.0 Å². The Labute approximate surface area is 114 Å². The van der Waals surface area contributed by atoms with Crippen molar-refractivity contribution in [2.75, 3.05) is 44.2 Å². The summed E-state index contributed by atoms with van der Waals surface area (Å²) in [4.78, 5) is 4.89. The Bertz CT molecular complexity index is 493. The lowest BCUT2D eigenvalue weighted by atomic mass is 10.0. The van der Waals surface area contributed by atoms with E-state index in [1.54, 1.807) is 0 Å². The molecule has 0 radical (unpaired) electrons. The molecule has 0 aromatic heterocycles. The molecule has 100 valence electrons. The summed E-state index contributed by atoms with van der Waals surface area (Å²) in [5, 5.41) is 12.6. The van der Waals surface area contributed by atoms with Crippen molar-refractivity contribution in [1.82, 2.24) is 10.2 Å². The molecular weight excluding hydrogens is 236 g/mol. The van der Waals surface area contributed by atoms with Crippen LogP contribution in [0.5, 0.6) is 0 Å².